The van der Waals surface area contributed by atoms with Crippen LogP contribution in [0.3, 0.4) is 0 Å². The molecule has 2 rings (SSSR count). The summed E-state index contributed by atoms with van der Waals surface area (Å²) in [6.07, 6.45) is -0.672. The van der Waals surface area contributed by atoms with E-state index in [0.29, 0.717) is 0 Å². The molecule has 0 radical (unpaired) electrons. The molecule has 0 unspecified atom stereocenters. The molecule has 1 aromatic rings. The highest BCUT2D eigenvalue weighted by Gasteiger charge is 2.47. The zero-order valence-electron chi connectivity index (χ0n) is 20.1. The van der Waals surface area contributed by atoms with E-state index in [1.807, 2.05) is 30.3 Å². The first-order chi connectivity index (χ1) is 15.3. The maximum Gasteiger partial charge on any atom is 0.410 e. The van der Waals surface area contributed by atoms with Gasteiger partial charge in [-0.25, -0.2) is 9.59 Å². The van der Waals surface area contributed by atoms with Crippen molar-refractivity contribution in [1.82, 2.24) is 9.80 Å². The van der Waals surface area contributed by atoms with Gasteiger partial charge in [0.15, 0.2) is 0 Å². The fourth-order valence-corrected chi connectivity index (χ4v) is 3.87. The molecule has 0 aliphatic carbocycles. The summed E-state index contributed by atoms with van der Waals surface area (Å²) >= 11 is 0. The molecule has 182 valence electrons. The first kappa shape index (κ1) is 26.2. The van der Waals surface area contributed by atoms with E-state index in [4.69, 9.17) is 9.47 Å². The highest BCUT2D eigenvalue weighted by atomic mass is 16.6. The third-order valence-corrected chi connectivity index (χ3v) is 5.47. The van der Waals surface area contributed by atoms with Gasteiger partial charge in [-0.05, 0) is 32.3 Å². The van der Waals surface area contributed by atoms with E-state index in [9.17, 15) is 24.3 Å². The van der Waals surface area contributed by atoms with Crippen molar-refractivity contribution in [1.29, 1.82) is 0 Å². The molecule has 3 atom stereocenters. The minimum absolute atomic E-state index is 0.0680. The number of hydrogen-bond donors (Lipinski definition) is 1. The van der Waals surface area contributed by atoms with Gasteiger partial charge in [0.25, 0.3) is 0 Å². The van der Waals surface area contributed by atoms with Gasteiger partial charge in [-0.1, -0.05) is 44.2 Å². The zero-order valence-corrected chi connectivity index (χ0v) is 20.1. The van der Waals surface area contributed by atoms with Gasteiger partial charge < -0.3 is 24.4 Å². The fourth-order valence-electron chi connectivity index (χ4n) is 3.87. The van der Waals surface area contributed by atoms with E-state index in [1.165, 1.54) is 16.8 Å². The van der Waals surface area contributed by atoms with Crippen LogP contribution in [0.1, 0.15) is 40.2 Å². The van der Waals surface area contributed by atoms with Crippen LogP contribution in [0.15, 0.2) is 30.3 Å². The molecule has 9 heteroatoms. The summed E-state index contributed by atoms with van der Waals surface area (Å²) < 4.78 is 10.8. The summed E-state index contributed by atoms with van der Waals surface area (Å²) in [4.78, 5) is 52.9. The van der Waals surface area contributed by atoms with Crippen molar-refractivity contribution in [3.05, 3.63) is 35.9 Å². The Balaban J connectivity index is 2.14. The molecular formula is C24H34N2O7. The Morgan fingerprint density at radius 2 is 1.67 bits per heavy atom. The molecule has 2 amide bonds. The number of hydrogen-bond acceptors (Lipinski definition) is 6. The van der Waals surface area contributed by atoms with Gasteiger partial charge in [-0.2, -0.15) is 0 Å². The zero-order chi connectivity index (χ0) is 24.9. The number of likely N-dealkylation sites (N-methyl/N-ethyl adjacent to an activating group) is 1. The van der Waals surface area contributed by atoms with Crippen LogP contribution in [-0.4, -0.2) is 70.6 Å². The summed E-state index contributed by atoms with van der Waals surface area (Å²) in [5.41, 5.74) is 0.0667. The van der Waals surface area contributed by atoms with Gasteiger partial charge in [-0.15, -0.1) is 0 Å². The van der Waals surface area contributed by atoms with Crippen molar-refractivity contribution in [2.45, 2.75) is 52.9 Å². The van der Waals surface area contributed by atoms with Crippen molar-refractivity contribution in [3.63, 3.8) is 0 Å². The number of carboxylic acid groups (broad SMARTS) is 1. The number of ether oxygens (including phenoxy) is 2. The monoisotopic (exact) mass is 462 g/mol. The second-order valence-corrected chi connectivity index (χ2v) is 9.67. The number of rotatable bonds is 7. The summed E-state index contributed by atoms with van der Waals surface area (Å²) in [7, 11) is 1.46. The number of carboxylic acids is 1. The summed E-state index contributed by atoms with van der Waals surface area (Å²) in [5.74, 6) is -4.64. The van der Waals surface area contributed by atoms with Gasteiger partial charge in [0.1, 0.15) is 18.2 Å². The van der Waals surface area contributed by atoms with Crippen LogP contribution in [0, 0.1) is 17.8 Å². The van der Waals surface area contributed by atoms with Crippen molar-refractivity contribution in [2.75, 3.05) is 20.1 Å². The molecule has 1 saturated heterocycles. The second kappa shape index (κ2) is 10.7. The Bertz CT molecular complexity index is 863. The number of aliphatic carboxylic acids is 1. The van der Waals surface area contributed by atoms with Gasteiger partial charge >= 0.3 is 18.0 Å². The minimum atomic E-state index is -1.18. The number of carbonyl (C=O) groups is 4. The molecule has 1 N–H and O–H groups in total. The van der Waals surface area contributed by atoms with E-state index in [0.717, 1.165) is 5.56 Å². The molecular weight excluding hydrogens is 428 g/mol. The molecule has 0 bridgehead atoms. The summed E-state index contributed by atoms with van der Waals surface area (Å²) in [6, 6.07) is 8.28. The number of esters is 1. The number of nitrogens with zero attached hydrogens (tertiary/aromatic N) is 2. The second-order valence-electron chi connectivity index (χ2n) is 9.67. The van der Waals surface area contributed by atoms with Crippen molar-refractivity contribution in [2.24, 2.45) is 17.8 Å². The lowest BCUT2D eigenvalue weighted by Crippen LogP contribution is -2.50. The average molecular weight is 463 g/mol. The van der Waals surface area contributed by atoms with Crippen LogP contribution in [0.25, 0.3) is 0 Å². The molecule has 1 aliphatic heterocycles. The maximum atomic E-state index is 13.3. The fraction of sp³-hybridized carbons (Fsp3) is 0.583. The third-order valence-electron chi connectivity index (χ3n) is 5.47. The lowest BCUT2D eigenvalue weighted by molar-refractivity contribution is -0.159. The molecule has 0 spiro atoms. The number of carbonyl (C=O) groups excluding carboxylic acids is 3. The predicted octanol–water partition coefficient (Wildman–Crippen LogP) is 2.78. The van der Waals surface area contributed by atoms with Crippen molar-refractivity contribution >= 4 is 23.9 Å². The van der Waals surface area contributed by atoms with Crippen LogP contribution < -0.4 is 0 Å². The smallest absolute Gasteiger partial charge is 0.410 e. The SMILES string of the molecule is CC(C)[C@@H](C(=O)OCc1ccccc1)N(C)C(=O)[C@H]1CN(C(=O)OC(C)(C)C)C[C@@H]1C(=O)O. The van der Waals surface area contributed by atoms with E-state index >= 15 is 0 Å². The lowest BCUT2D eigenvalue weighted by atomic mass is 9.93. The van der Waals surface area contributed by atoms with Gasteiger partial charge in [0, 0.05) is 20.1 Å². The first-order valence-electron chi connectivity index (χ1n) is 11.0. The molecule has 1 aromatic carbocycles. The molecule has 1 fully saturated rings. The predicted molar refractivity (Wildman–Crippen MR) is 120 cm³/mol. The lowest BCUT2D eigenvalue weighted by Gasteiger charge is -2.32. The van der Waals surface area contributed by atoms with Crippen LogP contribution in [-0.2, 0) is 30.5 Å². The number of amides is 2. The molecule has 1 heterocycles. The molecule has 0 saturated carbocycles. The Kier molecular flexibility index (Phi) is 8.46. The number of benzene rings is 1. The summed E-state index contributed by atoms with van der Waals surface area (Å²) in [5, 5.41) is 9.67. The van der Waals surface area contributed by atoms with E-state index in [1.54, 1.807) is 34.6 Å². The Hall–Kier alpha value is -3.10. The Labute approximate surface area is 194 Å². The summed E-state index contributed by atoms with van der Waals surface area (Å²) in [6.45, 7) is 8.53. The molecule has 9 nitrogen and oxygen atoms in total. The minimum Gasteiger partial charge on any atom is -0.481 e. The van der Waals surface area contributed by atoms with Crippen molar-refractivity contribution < 1.29 is 33.8 Å². The molecule has 33 heavy (non-hydrogen) atoms. The Morgan fingerprint density at radius 1 is 1.09 bits per heavy atom. The van der Waals surface area contributed by atoms with E-state index in [2.05, 4.69) is 0 Å². The quantitative estimate of drug-likeness (QED) is 0.620. The van der Waals surface area contributed by atoms with Crippen LogP contribution in [0.4, 0.5) is 4.79 Å². The maximum absolute atomic E-state index is 13.3. The standard InChI is InChI=1S/C24H34N2O7/c1-15(2)19(22(30)32-14-16-10-8-7-9-11-16)25(6)20(27)17-12-26(13-18(17)21(28)29)23(31)33-24(3,4)5/h7-11,15,17-19H,12-14H2,1-6H3,(H,28,29)/t17-,18-,19-/m0/s1. The highest BCUT2D eigenvalue weighted by molar-refractivity contribution is 5.90. The van der Waals surface area contributed by atoms with Gasteiger partial charge in [0.05, 0.1) is 11.8 Å². The van der Waals surface area contributed by atoms with Gasteiger partial charge in [0.2, 0.25) is 5.91 Å². The van der Waals surface area contributed by atoms with Crippen LogP contribution in [0.5, 0.6) is 0 Å². The average Bonchev–Trinajstić information content (AvgIpc) is 3.17. The number of likely N-dealkylation sites (tertiary alicyclic amines) is 1. The molecule has 1 aliphatic rings. The van der Waals surface area contributed by atoms with Crippen LogP contribution >= 0.6 is 0 Å². The van der Waals surface area contributed by atoms with Crippen LogP contribution in [0.2, 0.25) is 0 Å². The third kappa shape index (κ3) is 6.94. The van der Waals surface area contributed by atoms with E-state index < -0.39 is 47.4 Å². The largest absolute Gasteiger partial charge is 0.481 e. The topological polar surface area (TPSA) is 113 Å². The van der Waals surface area contributed by atoms with Crippen molar-refractivity contribution in [3.8, 4) is 0 Å². The van der Waals surface area contributed by atoms with E-state index in [-0.39, 0.29) is 25.6 Å². The Morgan fingerprint density at radius 3 is 2.18 bits per heavy atom. The van der Waals surface area contributed by atoms with Gasteiger partial charge in [-0.3, -0.25) is 9.59 Å². The highest BCUT2D eigenvalue weighted by Crippen LogP contribution is 2.28. The first-order valence-corrected chi connectivity index (χ1v) is 11.0. The molecule has 0 aromatic heterocycles. The normalized spacial score (nSPS) is 19.2.